The Hall–Kier alpha value is -2.86. The number of carbonyl (C=O) groups excluding carboxylic acids is 1. The maximum Gasteiger partial charge on any atom is 0.255 e. The van der Waals surface area contributed by atoms with Crippen LogP contribution in [-0.2, 0) is 5.54 Å². The number of benzene rings is 2. The largest absolute Gasteiger partial charge is 0.379 e. The first-order chi connectivity index (χ1) is 13.0. The fourth-order valence-electron chi connectivity index (χ4n) is 3.23. The van der Waals surface area contributed by atoms with Crippen molar-refractivity contribution in [1.29, 1.82) is 0 Å². The summed E-state index contributed by atoms with van der Waals surface area (Å²) in [4.78, 5) is 21.5. The van der Waals surface area contributed by atoms with Gasteiger partial charge in [0.1, 0.15) is 0 Å². The molecule has 4 rings (SSSR count). The molecule has 3 N–H and O–H groups in total. The summed E-state index contributed by atoms with van der Waals surface area (Å²) in [5.41, 5.74) is 8.90. The van der Waals surface area contributed by atoms with E-state index in [9.17, 15) is 4.79 Å². The Morgan fingerprint density at radius 1 is 1.19 bits per heavy atom. The minimum absolute atomic E-state index is 0.142. The highest BCUT2D eigenvalue weighted by molar-refractivity contribution is 8.13. The lowest BCUT2D eigenvalue weighted by Crippen LogP contribution is -2.28. The standard InChI is InChI=1S/C21H20N4OS/c1-21(10-12-27-20(22)25-21)16-6-4-14(5-7-16)19(26)24-17-8-9-18-15(13-17)3-2-11-23-18/h2-9,11,13H,10,12H2,1H3,(H2,22,25)(H,24,26). The van der Waals surface area contributed by atoms with E-state index < -0.39 is 0 Å². The smallest absolute Gasteiger partial charge is 0.255 e. The average Bonchev–Trinajstić information content (AvgIpc) is 2.68. The van der Waals surface area contributed by atoms with Gasteiger partial charge in [0.2, 0.25) is 0 Å². The van der Waals surface area contributed by atoms with Gasteiger partial charge in [-0.2, -0.15) is 0 Å². The number of nitrogens with zero attached hydrogens (tertiary/aromatic N) is 2. The molecule has 0 bridgehead atoms. The zero-order valence-corrected chi connectivity index (χ0v) is 15.8. The Bertz CT molecular complexity index is 1030. The van der Waals surface area contributed by atoms with Crippen LogP contribution < -0.4 is 11.1 Å². The van der Waals surface area contributed by atoms with Gasteiger partial charge in [-0.1, -0.05) is 30.0 Å². The molecule has 2 aromatic carbocycles. The van der Waals surface area contributed by atoms with Gasteiger partial charge < -0.3 is 11.1 Å². The quantitative estimate of drug-likeness (QED) is 0.719. The van der Waals surface area contributed by atoms with Gasteiger partial charge in [-0.05, 0) is 55.3 Å². The van der Waals surface area contributed by atoms with Crippen molar-refractivity contribution >= 4 is 39.4 Å². The van der Waals surface area contributed by atoms with Crippen LogP contribution in [0.1, 0.15) is 29.3 Å². The highest BCUT2D eigenvalue weighted by Crippen LogP contribution is 2.35. The summed E-state index contributed by atoms with van der Waals surface area (Å²) >= 11 is 1.58. The van der Waals surface area contributed by atoms with Crippen molar-refractivity contribution in [2.75, 3.05) is 11.1 Å². The molecular weight excluding hydrogens is 356 g/mol. The number of hydrogen-bond acceptors (Lipinski definition) is 5. The maximum atomic E-state index is 12.6. The minimum Gasteiger partial charge on any atom is -0.379 e. The highest BCUT2D eigenvalue weighted by Gasteiger charge is 2.29. The molecule has 1 aliphatic heterocycles. The molecule has 3 aromatic rings. The lowest BCUT2D eigenvalue weighted by atomic mass is 9.89. The fourth-order valence-corrected chi connectivity index (χ4v) is 4.21. The van der Waals surface area contributed by atoms with Gasteiger partial charge in [-0.25, -0.2) is 0 Å². The number of amides is 1. The Labute approximate surface area is 162 Å². The predicted molar refractivity (Wildman–Crippen MR) is 112 cm³/mol. The van der Waals surface area contributed by atoms with Crippen molar-refractivity contribution in [3.05, 3.63) is 71.9 Å². The van der Waals surface area contributed by atoms with E-state index >= 15 is 0 Å². The molecule has 0 saturated carbocycles. The average molecular weight is 376 g/mol. The van der Waals surface area contributed by atoms with Crippen LogP contribution in [0, 0.1) is 0 Å². The van der Waals surface area contributed by atoms with E-state index in [0.29, 0.717) is 10.7 Å². The van der Waals surface area contributed by atoms with Crippen molar-refractivity contribution in [1.82, 2.24) is 4.98 Å². The second kappa shape index (κ2) is 7.04. The normalized spacial score (nSPS) is 19.5. The van der Waals surface area contributed by atoms with E-state index in [1.165, 1.54) is 0 Å². The van der Waals surface area contributed by atoms with E-state index in [1.54, 1.807) is 18.0 Å². The van der Waals surface area contributed by atoms with Crippen molar-refractivity contribution in [3.8, 4) is 0 Å². The fraction of sp³-hybridized carbons (Fsp3) is 0.190. The molecule has 2 heterocycles. The molecule has 1 atom stereocenters. The molecule has 136 valence electrons. The molecule has 1 unspecified atom stereocenters. The van der Waals surface area contributed by atoms with E-state index in [0.717, 1.165) is 34.3 Å². The molecule has 6 heteroatoms. The molecule has 27 heavy (non-hydrogen) atoms. The van der Waals surface area contributed by atoms with E-state index in [4.69, 9.17) is 5.73 Å². The zero-order chi connectivity index (χ0) is 18.9. The van der Waals surface area contributed by atoms with Gasteiger partial charge in [0.15, 0.2) is 5.17 Å². The van der Waals surface area contributed by atoms with E-state index in [1.807, 2.05) is 54.6 Å². The summed E-state index contributed by atoms with van der Waals surface area (Å²) < 4.78 is 0. The van der Waals surface area contributed by atoms with Crippen molar-refractivity contribution < 1.29 is 4.79 Å². The third-order valence-electron chi connectivity index (χ3n) is 4.83. The van der Waals surface area contributed by atoms with Gasteiger partial charge in [-0.15, -0.1) is 0 Å². The van der Waals surface area contributed by atoms with Gasteiger partial charge in [-0.3, -0.25) is 14.8 Å². The SMILES string of the molecule is CC1(c2ccc(C(=O)Nc3ccc4ncccc4c3)cc2)CCSC(N)=N1. The van der Waals surface area contributed by atoms with Gasteiger partial charge in [0, 0.05) is 28.6 Å². The van der Waals surface area contributed by atoms with Crippen molar-refractivity contribution in [2.24, 2.45) is 10.7 Å². The third kappa shape index (κ3) is 3.66. The van der Waals surface area contributed by atoms with Crippen LogP contribution in [-0.4, -0.2) is 21.8 Å². The lowest BCUT2D eigenvalue weighted by Gasteiger charge is -2.29. The van der Waals surface area contributed by atoms with Gasteiger partial charge in [0.05, 0.1) is 11.1 Å². The number of nitrogens with one attached hydrogen (secondary N) is 1. The molecule has 1 aromatic heterocycles. The maximum absolute atomic E-state index is 12.6. The lowest BCUT2D eigenvalue weighted by molar-refractivity contribution is 0.102. The topological polar surface area (TPSA) is 80.4 Å². The van der Waals surface area contributed by atoms with Crippen LogP contribution in [0.25, 0.3) is 10.9 Å². The number of fused-ring (bicyclic) bond motifs is 1. The van der Waals surface area contributed by atoms with E-state index in [-0.39, 0.29) is 11.4 Å². The number of nitrogens with two attached hydrogens (primary N) is 1. The van der Waals surface area contributed by atoms with Gasteiger partial charge >= 0.3 is 0 Å². The van der Waals surface area contributed by atoms with Crippen LogP contribution in [0.2, 0.25) is 0 Å². The third-order valence-corrected chi connectivity index (χ3v) is 5.62. The number of aromatic nitrogens is 1. The Morgan fingerprint density at radius 2 is 2.00 bits per heavy atom. The second-order valence-electron chi connectivity index (χ2n) is 6.76. The number of rotatable bonds is 3. The molecule has 0 radical (unpaired) electrons. The summed E-state index contributed by atoms with van der Waals surface area (Å²) in [6, 6.07) is 17.1. The molecule has 1 amide bonds. The first-order valence-electron chi connectivity index (χ1n) is 8.78. The molecule has 1 aliphatic rings. The molecule has 0 saturated heterocycles. The summed E-state index contributed by atoms with van der Waals surface area (Å²) in [5, 5.41) is 4.56. The zero-order valence-electron chi connectivity index (χ0n) is 15.0. The number of pyridine rings is 1. The predicted octanol–water partition coefficient (Wildman–Crippen LogP) is 4.15. The van der Waals surface area contributed by atoms with Crippen LogP contribution in [0.3, 0.4) is 0 Å². The van der Waals surface area contributed by atoms with Gasteiger partial charge in [0.25, 0.3) is 5.91 Å². The molecule has 0 spiro atoms. The monoisotopic (exact) mass is 376 g/mol. The highest BCUT2D eigenvalue weighted by atomic mass is 32.2. The second-order valence-corrected chi connectivity index (χ2v) is 7.88. The van der Waals surface area contributed by atoms with Crippen molar-refractivity contribution in [3.63, 3.8) is 0 Å². The first kappa shape index (κ1) is 17.5. The number of aliphatic imine (C=N–C) groups is 1. The molecule has 0 aliphatic carbocycles. The van der Waals surface area contributed by atoms with Crippen LogP contribution in [0.5, 0.6) is 0 Å². The number of carbonyl (C=O) groups is 1. The number of thioether (sulfide) groups is 1. The van der Waals surface area contributed by atoms with Crippen molar-refractivity contribution in [2.45, 2.75) is 18.9 Å². The van der Waals surface area contributed by atoms with Crippen LogP contribution in [0.15, 0.2) is 65.8 Å². The summed E-state index contributed by atoms with van der Waals surface area (Å²) in [6.07, 6.45) is 2.68. The number of hydrogen-bond donors (Lipinski definition) is 2. The Morgan fingerprint density at radius 3 is 2.78 bits per heavy atom. The van der Waals surface area contributed by atoms with E-state index in [2.05, 4.69) is 22.2 Å². The summed E-state index contributed by atoms with van der Waals surface area (Å²) in [7, 11) is 0. The molecule has 5 nitrogen and oxygen atoms in total. The summed E-state index contributed by atoms with van der Waals surface area (Å²) in [6.45, 7) is 2.08. The Balaban J connectivity index is 1.53. The van der Waals surface area contributed by atoms with Crippen LogP contribution in [0.4, 0.5) is 5.69 Å². The number of amidine groups is 1. The first-order valence-corrected chi connectivity index (χ1v) is 9.77. The van der Waals surface area contributed by atoms with Crippen LogP contribution >= 0.6 is 11.8 Å². The summed E-state index contributed by atoms with van der Waals surface area (Å²) in [5.74, 6) is 0.808. The number of anilines is 1. The minimum atomic E-state index is -0.324. The Kier molecular flexibility index (Phi) is 4.58. The molecule has 0 fully saturated rings. The molecular formula is C21H20N4OS.